The van der Waals surface area contributed by atoms with Crippen LogP contribution in [0.1, 0.15) is 36.2 Å². The number of nitrogens with one attached hydrogen (secondary N) is 1. The average Bonchev–Trinajstić information content (AvgIpc) is 3.30. The van der Waals surface area contributed by atoms with E-state index in [9.17, 15) is 14.4 Å². The molecule has 8 nitrogen and oxygen atoms in total. The molecular formula is C18H19N5O3S. The van der Waals surface area contributed by atoms with Crippen molar-refractivity contribution < 1.29 is 14.4 Å². The first-order valence-electron chi connectivity index (χ1n) is 8.91. The molecule has 1 N–H and O–H groups in total. The summed E-state index contributed by atoms with van der Waals surface area (Å²) in [5.41, 5.74) is 0.967. The number of carbonyl (C=O) groups excluding carboxylic acids is 3. The first-order chi connectivity index (χ1) is 13.1. The number of imide groups is 1. The highest BCUT2D eigenvalue weighted by molar-refractivity contribution is 8.14. The minimum absolute atomic E-state index is 0.175. The number of rotatable bonds is 4. The van der Waals surface area contributed by atoms with Crippen molar-refractivity contribution in [2.75, 3.05) is 5.75 Å². The van der Waals surface area contributed by atoms with Gasteiger partial charge in [-0.15, -0.1) is 5.10 Å². The summed E-state index contributed by atoms with van der Waals surface area (Å²) in [6.07, 6.45) is 4.73. The van der Waals surface area contributed by atoms with E-state index < -0.39 is 0 Å². The van der Waals surface area contributed by atoms with Gasteiger partial charge in [0.2, 0.25) is 5.91 Å². The van der Waals surface area contributed by atoms with E-state index in [1.54, 1.807) is 0 Å². The number of thioether (sulfide) groups is 1. The van der Waals surface area contributed by atoms with Gasteiger partial charge in [-0.25, -0.2) is 0 Å². The fourth-order valence-corrected chi connectivity index (χ4v) is 4.33. The standard InChI is InChI=1S/C18H19N5O3S/c24-16-11-27-18(26)22(16)15-9-5-4-8-13(15)20-17(25)14-10-19-23(21-14)12-6-2-1-3-7-12/h1-3,6-7,10,13,15H,4-5,8-9,11H2,(H,20,25)/t13-,15+/m0/s1. The van der Waals surface area contributed by atoms with E-state index in [2.05, 4.69) is 15.5 Å². The second-order valence-corrected chi connectivity index (χ2v) is 7.53. The van der Waals surface area contributed by atoms with Crippen LogP contribution in [0.25, 0.3) is 5.69 Å². The van der Waals surface area contributed by atoms with Gasteiger partial charge in [-0.2, -0.15) is 9.90 Å². The molecule has 27 heavy (non-hydrogen) atoms. The Kier molecular flexibility index (Phi) is 4.93. The summed E-state index contributed by atoms with van der Waals surface area (Å²) in [4.78, 5) is 39.6. The van der Waals surface area contributed by atoms with Gasteiger partial charge < -0.3 is 5.32 Å². The number of para-hydroxylation sites is 1. The lowest BCUT2D eigenvalue weighted by Crippen LogP contribution is -2.54. The summed E-state index contributed by atoms with van der Waals surface area (Å²) >= 11 is 1.02. The van der Waals surface area contributed by atoms with Crippen LogP contribution in [0.4, 0.5) is 4.79 Å². The van der Waals surface area contributed by atoms with E-state index in [1.165, 1.54) is 15.9 Å². The van der Waals surface area contributed by atoms with E-state index in [4.69, 9.17) is 0 Å². The van der Waals surface area contributed by atoms with Crippen molar-refractivity contribution in [1.82, 2.24) is 25.2 Å². The third kappa shape index (κ3) is 3.59. The predicted molar refractivity (Wildman–Crippen MR) is 99.6 cm³/mol. The maximum absolute atomic E-state index is 12.7. The fourth-order valence-electron chi connectivity index (χ4n) is 3.57. The number of hydrogen-bond acceptors (Lipinski definition) is 6. The number of aromatic nitrogens is 3. The zero-order chi connectivity index (χ0) is 18.8. The summed E-state index contributed by atoms with van der Waals surface area (Å²) in [5, 5.41) is 11.1. The first kappa shape index (κ1) is 17.7. The Labute approximate surface area is 160 Å². The molecule has 2 aliphatic rings. The van der Waals surface area contributed by atoms with Gasteiger partial charge >= 0.3 is 0 Å². The lowest BCUT2D eigenvalue weighted by atomic mass is 9.89. The molecule has 0 spiro atoms. The molecule has 140 valence electrons. The minimum atomic E-state index is -0.346. The number of benzene rings is 1. The molecule has 2 fully saturated rings. The number of amides is 3. The highest BCUT2D eigenvalue weighted by atomic mass is 32.2. The van der Waals surface area contributed by atoms with Crippen LogP contribution in [0, 0.1) is 0 Å². The van der Waals surface area contributed by atoms with Crippen LogP contribution in [0.5, 0.6) is 0 Å². The van der Waals surface area contributed by atoms with E-state index in [0.717, 1.165) is 36.7 Å². The van der Waals surface area contributed by atoms with Crippen LogP contribution in [-0.2, 0) is 4.79 Å². The molecule has 1 saturated carbocycles. The lowest BCUT2D eigenvalue weighted by molar-refractivity contribution is -0.127. The quantitative estimate of drug-likeness (QED) is 0.865. The summed E-state index contributed by atoms with van der Waals surface area (Å²) in [7, 11) is 0. The summed E-state index contributed by atoms with van der Waals surface area (Å²) in [6, 6.07) is 8.77. The Morgan fingerprint density at radius 1 is 1.15 bits per heavy atom. The average molecular weight is 385 g/mol. The van der Waals surface area contributed by atoms with Crippen molar-refractivity contribution in [2.24, 2.45) is 0 Å². The maximum atomic E-state index is 12.7. The molecule has 0 unspecified atom stereocenters. The van der Waals surface area contributed by atoms with Gasteiger partial charge in [-0.1, -0.05) is 42.8 Å². The van der Waals surface area contributed by atoms with Crippen LogP contribution >= 0.6 is 11.8 Å². The van der Waals surface area contributed by atoms with Crippen LogP contribution in [-0.4, -0.2) is 54.8 Å². The highest BCUT2D eigenvalue weighted by Crippen LogP contribution is 2.30. The monoisotopic (exact) mass is 385 g/mol. The molecule has 1 saturated heterocycles. The second-order valence-electron chi connectivity index (χ2n) is 6.60. The summed E-state index contributed by atoms with van der Waals surface area (Å²) in [5.74, 6) is -0.339. The van der Waals surface area contributed by atoms with Crippen molar-refractivity contribution in [3.63, 3.8) is 0 Å². The molecule has 2 heterocycles. The Balaban J connectivity index is 1.49. The van der Waals surface area contributed by atoms with Gasteiger partial charge in [0.1, 0.15) is 0 Å². The van der Waals surface area contributed by atoms with Crippen molar-refractivity contribution in [3.8, 4) is 5.69 Å². The van der Waals surface area contributed by atoms with Gasteiger partial charge in [-0.3, -0.25) is 19.3 Å². The summed E-state index contributed by atoms with van der Waals surface area (Å²) in [6.45, 7) is 0. The number of carbonyl (C=O) groups is 3. The van der Waals surface area contributed by atoms with E-state index in [-0.39, 0.29) is 40.6 Å². The third-order valence-electron chi connectivity index (χ3n) is 4.87. The predicted octanol–water partition coefficient (Wildman–Crippen LogP) is 2.00. The maximum Gasteiger partial charge on any atom is 0.289 e. The zero-order valence-corrected chi connectivity index (χ0v) is 15.4. The molecule has 1 aliphatic heterocycles. The lowest BCUT2D eigenvalue weighted by Gasteiger charge is -2.36. The Hall–Kier alpha value is -2.68. The Bertz CT molecular complexity index is 853. The fraction of sp³-hybridized carbons (Fsp3) is 0.389. The van der Waals surface area contributed by atoms with Gasteiger partial charge in [-0.05, 0) is 25.0 Å². The smallest absolute Gasteiger partial charge is 0.289 e. The first-order valence-corrected chi connectivity index (χ1v) is 9.89. The van der Waals surface area contributed by atoms with Crippen molar-refractivity contribution in [2.45, 2.75) is 37.8 Å². The van der Waals surface area contributed by atoms with E-state index in [0.29, 0.717) is 6.42 Å². The summed E-state index contributed by atoms with van der Waals surface area (Å²) < 4.78 is 0. The van der Waals surface area contributed by atoms with Crippen molar-refractivity contribution in [1.29, 1.82) is 0 Å². The van der Waals surface area contributed by atoms with E-state index >= 15 is 0 Å². The van der Waals surface area contributed by atoms with Crippen LogP contribution in [0.3, 0.4) is 0 Å². The Morgan fingerprint density at radius 2 is 1.93 bits per heavy atom. The largest absolute Gasteiger partial charge is 0.346 e. The molecule has 9 heteroatoms. The van der Waals surface area contributed by atoms with Gasteiger partial charge in [0.15, 0.2) is 5.69 Å². The van der Waals surface area contributed by atoms with Crippen molar-refractivity contribution >= 4 is 28.8 Å². The molecular weight excluding hydrogens is 366 g/mol. The van der Waals surface area contributed by atoms with Gasteiger partial charge in [0.05, 0.1) is 29.7 Å². The molecule has 2 atom stereocenters. The van der Waals surface area contributed by atoms with Gasteiger partial charge in [0, 0.05) is 0 Å². The SMILES string of the molecule is O=C(N[C@H]1CCCC[C@H]1N1C(=O)CSC1=O)c1cnn(-c2ccccc2)n1. The van der Waals surface area contributed by atoms with Crippen molar-refractivity contribution in [3.05, 3.63) is 42.2 Å². The molecule has 3 amide bonds. The molecule has 4 rings (SSSR count). The number of hydrogen-bond donors (Lipinski definition) is 1. The molecule has 1 aromatic heterocycles. The van der Waals surface area contributed by atoms with Crippen LogP contribution < -0.4 is 5.32 Å². The molecule has 1 aromatic carbocycles. The molecule has 0 radical (unpaired) electrons. The zero-order valence-electron chi connectivity index (χ0n) is 14.6. The number of nitrogens with zero attached hydrogens (tertiary/aromatic N) is 4. The highest BCUT2D eigenvalue weighted by Gasteiger charge is 2.41. The molecule has 0 bridgehead atoms. The normalized spacial score (nSPS) is 22.9. The third-order valence-corrected chi connectivity index (χ3v) is 5.71. The molecule has 1 aliphatic carbocycles. The van der Waals surface area contributed by atoms with Crippen LogP contribution in [0.2, 0.25) is 0 Å². The second kappa shape index (κ2) is 7.51. The van der Waals surface area contributed by atoms with Crippen LogP contribution in [0.15, 0.2) is 36.5 Å². The Morgan fingerprint density at radius 3 is 2.67 bits per heavy atom. The molecule has 2 aromatic rings. The van der Waals surface area contributed by atoms with Gasteiger partial charge in [0.25, 0.3) is 11.1 Å². The topological polar surface area (TPSA) is 97.2 Å². The minimum Gasteiger partial charge on any atom is -0.346 e. The van der Waals surface area contributed by atoms with E-state index in [1.807, 2.05) is 30.3 Å².